The monoisotopic (exact) mass is 272 g/mol. The number of tetrazole rings is 1. The van der Waals surface area contributed by atoms with Crippen LogP contribution in [0.25, 0.3) is 0 Å². The highest BCUT2D eigenvalue weighted by molar-refractivity contribution is 9.10. The fourth-order valence-corrected chi connectivity index (χ4v) is 1.40. The molecular weight excluding hydrogens is 267 g/mol. The normalized spacial score (nSPS) is 10.3. The predicted molar refractivity (Wildman–Crippen MR) is 53.0 cm³/mol. The lowest BCUT2D eigenvalue weighted by molar-refractivity contribution is 0.411. The second-order valence-electron chi connectivity index (χ2n) is 2.76. The molecule has 7 heteroatoms. The van der Waals surface area contributed by atoms with Crippen molar-refractivity contribution in [2.45, 2.75) is 0 Å². The van der Waals surface area contributed by atoms with Crippen molar-refractivity contribution in [1.82, 2.24) is 20.2 Å². The number of rotatable bonds is 2. The summed E-state index contributed by atoms with van der Waals surface area (Å²) in [6.45, 7) is 0. The first-order valence-corrected chi connectivity index (χ1v) is 4.81. The fourth-order valence-electron chi connectivity index (χ4n) is 0.964. The van der Waals surface area contributed by atoms with Crippen LogP contribution in [-0.2, 0) is 7.05 Å². The van der Waals surface area contributed by atoms with Gasteiger partial charge >= 0.3 is 6.01 Å². The van der Waals surface area contributed by atoms with Gasteiger partial charge in [-0.1, -0.05) is 5.10 Å². The van der Waals surface area contributed by atoms with Crippen LogP contribution < -0.4 is 4.74 Å². The van der Waals surface area contributed by atoms with Crippen LogP contribution in [0.5, 0.6) is 11.8 Å². The van der Waals surface area contributed by atoms with E-state index in [4.69, 9.17) is 4.74 Å². The first-order chi connectivity index (χ1) is 7.16. The lowest BCUT2D eigenvalue weighted by Crippen LogP contribution is -1.96. The molecule has 0 amide bonds. The zero-order chi connectivity index (χ0) is 10.8. The van der Waals surface area contributed by atoms with Crippen LogP contribution in [0, 0.1) is 5.82 Å². The fraction of sp³-hybridized carbons (Fsp3) is 0.125. The van der Waals surface area contributed by atoms with E-state index in [2.05, 4.69) is 31.5 Å². The minimum atomic E-state index is -0.342. The van der Waals surface area contributed by atoms with Crippen molar-refractivity contribution in [3.05, 3.63) is 28.5 Å². The van der Waals surface area contributed by atoms with Crippen molar-refractivity contribution in [3.8, 4) is 11.8 Å². The van der Waals surface area contributed by atoms with E-state index in [0.717, 1.165) is 0 Å². The molecule has 0 saturated heterocycles. The van der Waals surface area contributed by atoms with Crippen LogP contribution in [0.3, 0.4) is 0 Å². The average Bonchev–Trinajstić information content (AvgIpc) is 2.57. The molecule has 0 fully saturated rings. The lowest BCUT2D eigenvalue weighted by atomic mass is 10.3. The maximum Gasteiger partial charge on any atom is 0.340 e. The van der Waals surface area contributed by atoms with Gasteiger partial charge in [-0.2, -0.15) is 4.68 Å². The molecule has 0 radical (unpaired) electrons. The van der Waals surface area contributed by atoms with E-state index < -0.39 is 0 Å². The van der Waals surface area contributed by atoms with Gasteiger partial charge in [-0.3, -0.25) is 0 Å². The van der Waals surface area contributed by atoms with Gasteiger partial charge in [0.25, 0.3) is 0 Å². The highest BCUT2D eigenvalue weighted by Gasteiger charge is 2.08. The summed E-state index contributed by atoms with van der Waals surface area (Å²) in [6.07, 6.45) is 0. The van der Waals surface area contributed by atoms with Crippen molar-refractivity contribution in [2.75, 3.05) is 0 Å². The van der Waals surface area contributed by atoms with Gasteiger partial charge in [0, 0.05) is 7.05 Å². The summed E-state index contributed by atoms with van der Waals surface area (Å²) in [5, 5.41) is 10.7. The minimum absolute atomic E-state index is 0.238. The summed E-state index contributed by atoms with van der Waals surface area (Å²) in [6, 6.07) is 4.33. The quantitative estimate of drug-likeness (QED) is 0.838. The maximum atomic E-state index is 12.8. The van der Waals surface area contributed by atoms with Crippen LogP contribution >= 0.6 is 15.9 Å². The molecule has 1 aromatic carbocycles. The lowest BCUT2D eigenvalue weighted by Gasteiger charge is -2.04. The van der Waals surface area contributed by atoms with Gasteiger partial charge in [0.15, 0.2) is 0 Å². The Bertz CT molecular complexity index is 487. The molecule has 0 saturated carbocycles. The van der Waals surface area contributed by atoms with Crippen LogP contribution in [0.4, 0.5) is 4.39 Å². The van der Waals surface area contributed by atoms with Gasteiger partial charge in [-0.15, -0.1) is 0 Å². The molecule has 1 aromatic heterocycles. The minimum Gasteiger partial charge on any atom is -0.422 e. The molecule has 15 heavy (non-hydrogen) atoms. The number of aryl methyl sites for hydroxylation is 1. The second kappa shape index (κ2) is 3.93. The van der Waals surface area contributed by atoms with Crippen LogP contribution in [0.1, 0.15) is 0 Å². The zero-order valence-electron chi connectivity index (χ0n) is 7.69. The van der Waals surface area contributed by atoms with Crippen molar-refractivity contribution >= 4 is 15.9 Å². The van der Waals surface area contributed by atoms with Crippen LogP contribution in [0.15, 0.2) is 22.7 Å². The van der Waals surface area contributed by atoms with Gasteiger partial charge in [0.1, 0.15) is 11.6 Å². The third-order valence-corrected chi connectivity index (χ3v) is 2.30. The molecule has 0 aliphatic rings. The summed E-state index contributed by atoms with van der Waals surface area (Å²) < 4.78 is 20.0. The highest BCUT2D eigenvalue weighted by Crippen LogP contribution is 2.28. The topological polar surface area (TPSA) is 52.8 Å². The molecule has 0 aliphatic heterocycles. The molecule has 78 valence electrons. The van der Waals surface area contributed by atoms with Crippen LogP contribution in [-0.4, -0.2) is 20.2 Å². The van der Waals surface area contributed by atoms with Gasteiger partial charge in [-0.25, -0.2) is 4.39 Å². The number of benzene rings is 1. The number of hydrogen-bond donors (Lipinski definition) is 0. The van der Waals surface area contributed by atoms with Crippen molar-refractivity contribution in [1.29, 1.82) is 0 Å². The Morgan fingerprint density at radius 1 is 1.47 bits per heavy atom. The third-order valence-electron chi connectivity index (χ3n) is 1.68. The predicted octanol–water partition coefficient (Wildman–Crippen LogP) is 1.90. The molecule has 1 heterocycles. The van der Waals surface area contributed by atoms with Gasteiger partial charge in [0.05, 0.1) is 4.47 Å². The molecule has 0 unspecified atom stereocenters. The summed E-state index contributed by atoms with van der Waals surface area (Å²) in [5.41, 5.74) is 0. The number of ether oxygens (including phenoxy) is 1. The van der Waals surface area contributed by atoms with Crippen molar-refractivity contribution < 1.29 is 9.13 Å². The standard InChI is InChI=1S/C8H6BrFN4O/c1-14-8(11-12-13-14)15-7-3-2-5(10)4-6(7)9/h2-4H,1H3. The van der Waals surface area contributed by atoms with E-state index in [-0.39, 0.29) is 11.8 Å². The molecule has 0 atom stereocenters. The van der Waals surface area contributed by atoms with E-state index in [9.17, 15) is 4.39 Å². The zero-order valence-corrected chi connectivity index (χ0v) is 9.27. The Kier molecular flexibility index (Phi) is 2.63. The smallest absolute Gasteiger partial charge is 0.340 e. The average molecular weight is 273 g/mol. The first kappa shape index (κ1) is 10.0. The van der Waals surface area contributed by atoms with Crippen molar-refractivity contribution in [2.24, 2.45) is 7.05 Å². The Morgan fingerprint density at radius 2 is 2.27 bits per heavy atom. The van der Waals surface area contributed by atoms with Crippen LogP contribution in [0.2, 0.25) is 0 Å². The summed E-state index contributed by atoms with van der Waals surface area (Å²) in [4.78, 5) is 0. The van der Waals surface area contributed by atoms with E-state index in [1.807, 2.05) is 0 Å². The molecule has 0 spiro atoms. The molecule has 0 aliphatic carbocycles. The number of hydrogen-bond acceptors (Lipinski definition) is 4. The SMILES string of the molecule is Cn1nnnc1Oc1ccc(F)cc1Br. The van der Waals surface area contributed by atoms with E-state index in [1.165, 1.54) is 22.9 Å². The molecular formula is C8H6BrFN4O. The Labute approximate surface area is 93.0 Å². The van der Waals surface area contributed by atoms with Crippen molar-refractivity contribution in [3.63, 3.8) is 0 Å². The molecule has 2 rings (SSSR count). The van der Waals surface area contributed by atoms with Gasteiger partial charge in [-0.05, 0) is 44.6 Å². The number of aromatic nitrogens is 4. The second-order valence-corrected chi connectivity index (χ2v) is 3.62. The first-order valence-electron chi connectivity index (χ1n) is 4.02. The molecule has 2 aromatic rings. The Hall–Kier alpha value is -1.50. The highest BCUT2D eigenvalue weighted by atomic mass is 79.9. The van der Waals surface area contributed by atoms with Gasteiger partial charge < -0.3 is 4.74 Å². The molecule has 5 nitrogen and oxygen atoms in total. The largest absolute Gasteiger partial charge is 0.422 e. The van der Waals surface area contributed by atoms with E-state index in [0.29, 0.717) is 10.2 Å². The molecule has 0 bridgehead atoms. The van der Waals surface area contributed by atoms with E-state index in [1.54, 1.807) is 7.05 Å². The Morgan fingerprint density at radius 3 is 2.87 bits per heavy atom. The summed E-state index contributed by atoms with van der Waals surface area (Å²) in [7, 11) is 1.65. The summed E-state index contributed by atoms with van der Waals surface area (Å²) in [5.74, 6) is 0.111. The summed E-state index contributed by atoms with van der Waals surface area (Å²) >= 11 is 3.17. The maximum absolute atomic E-state index is 12.8. The number of halogens is 2. The van der Waals surface area contributed by atoms with Gasteiger partial charge in [0.2, 0.25) is 0 Å². The van der Waals surface area contributed by atoms with E-state index >= 15 is 0 Å². The third kappa shape index (κ3) is 2.12. The molecule has 0 N–H and O–H groups in total. The number of nitrogens with zero attached hydrogens (tertiary/aromatic N) is 4. The Balaban J connectivity index is 2.29.